The lowest BCUT2D eigenvalue weighted by Crippen LogP contribution is -2.44. The van der Waals surface area contributed by atoms with Crippen LogP contribution in [0.5, 0.6) is 0 Å². The largest absolute Gasteiger partial charge is 0.377 e. The van der Waals surface area contributed by atoms with Crippen molar-refractivity contribution in [2.75, 3.05) is 6.61 Å². The summed E-state index contributed by atoms with van der Waals surface area (Å²) in [5.41, 5.74) is 2.42. The van der Waals surface area contributed by atoms with E-state index in [-0.39, 0.29) is 0 Å². The molecule has 0 N–H and O–H groups in total. The molecule has 0 aromatic carbocycles. The van der Waals surface area contributed by atoms with Crippen LogP contribution in [0.1, 0.15) is 53.4 Å². The van der Waals surface area contributed by atoms with Gasteiger partial charge in [-0.1, -0.05) is 37.6 Å². The lowest BCUT2D eigenvalue weighted by molar-refractivity contribution is 0.0140. The first kappa shape index (κ1) is 14.1. The van der Waals surface area contributed by atoms with Crippen molar-refractivity contribution in [1.82, 2.24) is 0 Å². The van der Waals surface area contributed by atoms with Crippen LogP contribution >= 0.6 is 0 Å². The Hall–Kier alpha value is -0.560. The van der Waals surface area contributed by atoms with Crippen molar-refractivity contribution < 1.29 is 4.74 Å². The molecule has 3 aliphatic carbocycles. The molecule has 0 bridgehead atoms. The average Bonchev–Trinajstić information content (AvgIpc) is 2.74. The van der Waals surface area contributed by atoms with Crippen molar-refractivity contribution >= 4 is 0 Å². The topological polar surface area (TPSA) is 9.23 Å². The Morgan fingerprint density at radius 3 is 2.95 bits per heavy atom. The molecule has 3 fully saturated rings. The minimum absolute atomic E-state index is 0.444. The second kappa shape index (κ2) is 4.47. The highest BCUT2D eigenvalue weighted by Gasteiger charge is 2.82. The van der Waals surface area contributed by atoms with Gasteiger partial charge in [0.05, 0.1) is 12.7 Å². The third-order valence-corrected chi connectivity index (χ3v) is 7.39. The summed E-state index contributed by atoms with van der Waals surface area (Å²) in [6, 6.07) is 0. The Labute approximate surface area is 129 Å². The number of hydrogen-bond acceptors (Lipinski definition) is 1. The molecule has 1 nitrogen and oxygen atoms in total. The van der Waals surface area contributed by atoms with Crippen LogP contribution in [0.15, 0.2) is 23.8 Å². The van der Waals surface area contributed by atoms with Crippen LogP contribution in [0.2, 0.25) is 0 Å². The lowest BCUT2D eigenvalue weighted by Gasteiger charge is -2.48. The van der Waals surface area contributed by atoms with Gasteiger partial charge >= 0.3 is 0 Å². The molecule has 1 heterocycles. The number of rotatable bonds is 4. The van der Waals surface area contributed by atoms with E-state index in [1.54, 1.807) is 0 Å². The van der Waals surface area contributed by atoms with Crippen molar-refractivity contribution in [2.24, 2.45) is 34.5 Å². The zero-order valence-corrected chi connectivity index (χ0v) is 14.1. The van der Waals surface area contributed by atoms with Crippen molar-refractivity contribution in [2.45, 2.75) is 59.5 Å². The number of ether oxygens (including phenoxy) is 1. The maximum Gasteiger partial charge on any atom is 0.0719 e. The normalized spacial score (nSPS) is 50.5. The van der Waals surface area contributed by atoms with Crippen LogP contribution in [0.4, 0.5) is 0 Å². The summed E-state index contributed by atoms with van der Waals surface area (Å²) < 4.78 is 6.22. The summed E-state index contributed by atoms with van der Waals surface area (Å²) in [5.74, 6) is 3.31. The Balaban J connectivity index is 1.51. The van der Waals surface area contributed by atoms with Gasteiger partial charge in [0.15, 0.2) is 0 Å². The quantitative estimate of drug-likeness (QED) is 0.662. The number of hydrogen-bond donors (Lipinski definition) is 0. The van der Waals surface area contributed by atoms with Crippen LogP contribution in [0, 0.1) is 34.5 Å². The highest BCUT2D eigenvalue weighted by Crippen LogP contribution is 2.80. The van der Waals surface area contributed by atoms with E-state index < -0.39 is 0 Å². The lowest BCUT2D eigenvalue weighted by atomic mass is 9.55. The molecule has 21 heavy (non-hydrogen) atoms. The molecular weight excluding hydrogens is 256 g/mol. The van der Waals surface area contributed by atoms with Crippen LogP contribution in [-0.4, -0.2) is 12.7 Å². The summed E-state index contributed by atoms with van der Waals surface area (Å²) in [5, 5.41) is 0. The van der Waals surface area contributed by atoms with Gasteiger partial charge in [-0.05, 0) is 62.7 Å². The van der Waals surface area contributed by atoms with Gasteiger partial charge in [-0.15, -0.1) is 0 Å². The molecule has 0 amide bonds. The molecule has 0 aromatic rings. The van der Waals surface area contributed by atoms with Crippen molar-refractivity contribution in [3.05, 3.63) is 23.8 Å². The highest BCUT2D eigenvalue weighted by molar-refractivity contribution is 5.40. The predicted octanol–water partition coefficient (Wildman–Crippen LogP) is 4.99. The third kappa shape index (κ3) is 1.67. The molecule has 1 saturated heterocycles. The van der Waals surface area contributed by atoms with E-state index in [1.165, 1.54) is 31.3 Å². The highest BCUT2D eigenvalue weighted by atomic mass is 16.5. The standard InChI is InChI=1S/C20H30O/c1-13(2)6-5-7-14(3)15-8-10-19(4)11-9-16-18-20(16,19)17(15)12-21-18/h6,9,11,14-18H,5,7-8,10,12H2,1-4H3/t14-,15+,16+,17-,18+,19-,20-/m1/s1. The minimum atomic E-state index is 0.444. The Morgan fingerprint density at radius 2 is 2.24 bits per heavy atom. The van der Waals surface area contributed by atoms with Crippen molar-refractivity contribution in [3.8, 4) is 0 Å². The van der Waals surface area contributed by atoms with Crippen molar-refractivity contribution in [1.29, 1.82) is 0 Å². The van der Waals surface area contributed by atoms with E-state index in [0.717, 1.165) is 30.3 Å². The number of fused-ring (bicyclic) bond motifs is 1. The maximum absolute atomic E-state index is 6.22. The first-order chi connectivity index (χ1) is 10.0. The van der Waals surface area contributed by atoms with Crippen molar-refractivity contribution in [3.63, 3.8) is 0 Å². The summed E-state index contributed by atoms with van der Waals surface area (Å²) in [4.78, 5) is 0. The summed E-state index contributed by atoms with van der Waals surface area (Å²) >= 11 is 0. The average molecular weight is 286 g/mol. The van der Waals surface area contributed by atoms with E-state index in [9.17, 15) is 0 Å². The molecule has 0 radical (unpaired) electrons. The van der Waals surface area contributed by atoms with E-state index in [2.05, 4.69) is 45.9 Å². The van der Waals surface area contributed by atoms with Crippen LogP contribution in [0.25, 0.3) is 0 Å². The van der Waals surface area contributed by atoms with Gasteiger partial charge in [0, 0.05) is 11.3 Å². The van der Waals surface area contributed by atoms with Crippen LogP contribution < -0.4 is 0 Å². The first-order valence-electron chi connectivity index (χ1n) is 8.95. The van der Waals surface area contributed by atoms with Gasteiger partial charge in [0.2, 0.25) is 0 Å². The smallest absolute Gasteiger partial charge is 0.0719 e. The van der Waals surface area contributed by atoms with Gasteiger partial charge in [-0.25, -0.2) is 0 Å². The zero-order valence-electron chi connectivity index (χ0n) is 14.1. The van der Waals surface area contributed by atoms with E-state index >= 15 is 0 Å². The van der Waals surface area contributed by atoms with E-state index in [1.807, 2.05) is 0 Å². The van der Waals surface area contributed by atoms with E-state index in [0.29, 0.717) is 16.9 Å². The predicted molar refractivity (Wildman–Crippen MR) is 87.0 cm³/mol. The monoisotopic (exact) mass is 286 g/mol. The molecule has 1 spiro atoms. The van der Waals surface area contributed by atoms with E-state index in [4.69, 9.17) is 4.74 Å². The fourth-order valence-corrected chi connectivity index (χ4v) is 6.27. The fraction of sp³-hybridized carbons (Fsp3) is 0.800. The summed E-state index contributed by atoms with van der Waals surface area (Å²) in [6.07, 6.45) is 13.4. The first-order valence-corrected chi connectivity index (χ1v) is 8.95. The molecule has 4 aliphatic rings. The summed E-state index contributed by atoms with van der Waals surface area (Å²) in [6.45, 7) is 10.5. The Bertz CT molecular complexity index is 500. The van der Waals surface area contributed by atoms with Gasteiger partial charge in [-0.2, -0.15) is 0 Å². The van der Waals surface area contributed by atoms with Gasteiger partial charge in [0.25, 0.3) is 0 Å². The number of allylic oxidation sites excluding steroid dienone is 3. The molecule has 1 heteroatoms. The van der Waals surface area contributed by atoms with Gasteiger partial charge < -0.3 is 4.74 Å². The molecule has 0 unspecified atom stereocenters. The van der Waals surface area contributed by atoms with Gasteiger partial charge in [0.1, 0.15) is 0 Å². The molecule has 116 valence electrons. The minimum Gasteiger partial charge on any atom is -0.377 e. The second-order valence-corrected chi connectivity index (χ2v) is 8.63. The van der Waals surface area contributed by atoms with Gasteiger partial charge in [-0.3, -0.25) is 0 Å². The molecular formula is C20H30O. The zero-order chi connectivity index (χ0) is 14.8. The molecule has 1 aliphatic heterocycles. The third-order valence-electron chi connectivity index (χ3n) is 7.39. The van der Waals surface area contributed by atoms with Crippen LogP contribution in [0.3, 0.4) is 0 Å². The molecule has 0 aromatic heterocycles. The van der Waals surface area contributed by atoms with Crippen LogP contribution in [-0.2, 0) is 4.74 Å². The molecule has 4 rings (SSSR count). The fourth-order valence-electron chi connectivity index (χ4n) is 6.27. The summed E-state index contributed by atoms with van der Waals surface area (Å²) in [7, 11) is 0. The Kier molecular flexibility index (Phi) is 2.99. The second-order valence-electron chi connectivity index (χ2n) is 8.63. The molecule has 7 atom stereocenters. The Morgan fingerprint density at radius 1 is 1.43 bits per heavy atom. The maximum atomic E-state index is 6.22. The molecule has 2 saturated carbocycles. The SMILES string of the molecule is CC(C)=CCC[C@@H](C)[C@@H]1CC[C@]2(C)C=C[C@H]3[C@@H]4OC[C@H]1[C@]342.